The summed E-state index contributed by atoms with van der Waals surface area (Å²) in [6.07, 6.45) is 0. The lowest BCUT2D eigenvalue weighted by atomic mass is 10.3. The maximum absolute atomic E-state index is 12.1. The second kappa shape index (κ2) is 6.93. The molecule has 0 saturated carbocycles. The van der Waals surface area contributed by atoms with Gasteiger partial charge in [-0.1, -0.05) is 23.7 Å². The number of hydrogen-bond donors (Lipinski definition) is 1. The second-order valence-corrected chi connectivity index (χ2v) is 5.99. The lowest BCUT2D eigenvalue weighted by Crippen LogP contribution is -2.32. The number of para-hydroxylation sites is 2. The van der Waals surface area contributed by atoms with E-state index < -0.39 is 0 Å². The number of aromatic nitrogens is 2. The van der Waals surface area contributed by atoms with Gasteiger partial charge in [0, 0.05) is 12.1 Å². The Morgan fingerprint density at radius 3 is 2.67 bits per heavy atom. The van der Waals surface area contributed by atoms with Crippen molar-refractivity contribution >= 4 is 28.5 Å². The van der Waals surface area contributed by atoms with Crippen molar-refractivity contribution in [2.75, 3.05) is 6.61 Å². The quantitative estimate of drug-likeness (QED) is 0.771. The molecule has 0 bridgehead atoms. The van der Waals surface area contributed by atoms with Crippen LogP contribution in [0.3, 0.4) is 0 Å². The van der Waals surface area contributed by atoms with Crippen molar-refractivity contribution in [2.45, 2.75) is 13.0 Å². The molecule has 3 rings (SSSR count). The molecule has 2 aromatic carbocycles. The van der Waals surface area contributed by atoms with Gasteiger partial charge in [-0.2, -0.15) is 0 Å². The predicted octanol–water partition coefficient (Wildman–Crippen LogP) is 3.48. The average molecular weight is 344 g/mol. The average Bonchev–Trinajstić information content (AvgIpc) is 2.92. The van der Waals surface area contributed by atoms with Crippen molar-refractivity contribution in [3.8, 4) is 5.75 Å². The number of amides is 1. The van der Waals surface area contributed by atoms with Gasteiger partial charge in [-0.3, -0.25) is 4.79 Å². The normalized spacial score (nSPS) is 12.1. The second-order valence-electron chi connectivity index (χ2n) is 5.55. The van der Waals surface area contributed by atoms with E-state index in [1.165, 1.54) is 0 Å². The van der Waals surface area contributed by atoms with Crippen LogP contribution in [0.4, 0.5) is 0 Å². The fraction of sp³-hybridized carbons (Fsp3) is 0.222. The van der Waals surface area contributed by atoms with E-state index in [-0.39, 0.29) is 18.6 Å². The highest BCUT2D eigenvalue weighted by Crippen LogP contribution is 2.19. The molecular formula is C18H18ClN3O2. The van der Waals surface area contributed by atoms with Gasteiger partial charge in [0.2, 0.25) is 0 Å². The number of fused-ring (bicyclic) bond motifs is 1. The van der Waals surface area contributed by atoms with E-state index in [1.54, 1.807) is 24.3 Å². The highest BCUT2D eigenvalue weighted by Gasteiger charge is 2.16. The summed E-state index contributed by atoms with van der Waals surface area (Å²) in [5.41, 5.74) is 1.94. The van der Waals surface area contributed by atoms with Crippen molar-refractivity contribution in [1.82, 2.24) is 14.9 Å². The van der Waals surface area contributed by atoms with Crippen LogP contribution in [0.15, 0.2) is 48.5 Å². The highest BCUT2D eigenvalue weighted by molar-refractivity contribution is 6.30. The van der Waals surface area contributed by atoms with E-state index in [2.05, 4.69) is 10.3 Å². The van der Waals surface area contributed by atoms with Crippen LogP contribution < -0.4 is 10.1 Å². The molecule has 124 valence electrons. The molecule has 0 saturated heterocycles. The van der Waals surface area contributed by atoms with Gasteiger partial charge >= 0.3 is 0 Å². The predicted molar refractivity (Wildman–Crippen MR) is 94.2 cm³/mol. The Morgan fingerprint density at radius 1 is 1.25 bits per heavy atom. The molecule has 0 aliphatic heterocycles. The molecule has 0 spiro atoms. The number of nitrogens with one attached hydrogen (secondary N) is 1. The maximum Gasteiger partial charge on any atom is 0.258 e. The Bertz CT molecular complexity index is 858. The molecule has 0 fully saturated rings. The van der Waals surface area contributed by atoms with Gasteiger partial charge in [-0.15, -0.1) is 0 Å². The number of imidazole rings is 1. The van der Waals surface area contributed by atoms with Crippen LogP contribution in [-0.2, 0) is 11.8 Å². The molecule has 1 N–H and O–H groups in total. The van der Waals surface area contributed by atoms with E-state index in [1.807, 2.05) is 42.8 Å². The first-order valence-corrected chi connectivity index (χ1v) is 8.01. The largest absolute Gasteiger partial charge is 0.484 e. The Morgan fingerprint density at radius 2 is 1.96 bits per heavy atom. The lowest BCUT2D eigenvalue weighted by molar-refractivity contribution is -0.123. The molecule has 0 radical (unpaired) electrons. The van der Waals surface area contributed by atoms with Crippen LogP contribution in [0, 0.1) is 0 Å². The van der Waals surface area contributed by atoms with Gasteiger partial charge in [0.25, 0.3) is 5.91 Å². The number of rotatable bonds is 5. The monoisotopic (exact) mass is 343 g/mol. The first-order valence-electron chi connectivity index (χ1n) is 7.63. The summed E-state index contributed by atoms with van der Waals surface area (Å²) in [7, 11) is 1.94. The molecule has 6 heteroatoms. The summed E-state index contributed by atoms with van der Waals surface area (Å²) in [4.78, 5) is 16.7. The molecule has 1 aromatic heterocycles. The Labute approximate surface area is 145 Å². The smallest absolute Gasteiger partial charge is 0.258 e. The van der Waals surface area contributed by atoms with Crippen LogP contribution in [0.1, 0.15) is 18.8 Å². The first kappa shape index (κ1) is 16.3. The summed E-state index contributed by atoms with van der Waals surface area (Å²) < 4.78 is 7.44. The number of carbonyl (C=O) groups excluding carboxylic acids is 1. The van der Waals surface area contributed by atoms with Crippen molar-refractivity contribution in [3.05, 3.63) is 59.4 Å². The minimum Gasteiger partial charge on any atom is -0.484 e. The van der Waals surface area contributed by atoms with Gasteiger partial charge < -0.3 is 14.6 Å². The summed E-state index contributed by atoms with van der Waals surface area (Å²) in [5.74, 6) is 1.20. The van der Waals surface area contributed by atoms with Crippen LogP contribution in [0.2, 0.25) is 5.02 Å². The van der Waals surface area contributed by atoms with E-state index in [0.717, 1.165) is 16.9 Å². The summed E-state index contributed by atoms with van der Waals surface area (Å²) >= 11 is 5.82. The van der Waals surface area contributed by atoms with Crippen molar-refractivity contribution < 1.29 is 9.53 Å². The van der Waals surface area contributed by atoms with Gasteiger partial charge in [0.15, 0.2) is 6.61 Å². The topological polar surface area (TPSA) is 56.1 Å². The molecular weight excluding hydrogens is 326 g/mol. The number of benzene rings is 2. The zero-order chi connectivity index (χ0) is 17.1. The summed E-state index contributed by atoms with van der Waals surface area (Å²) in [6, 6.07) is 14.5. The third kappa shape index (κ3) is 3.51. The first-order chi connectivity index (χ1) is 11.5. The van der Waals surface area contributed by atoms with E-state index in [0.29, 0.717) is 10.8 Å². The van der Waals surface area contributed by atoms with E-state index in [9.17, 15) is 4.79 Å². The molecule has 1 heterocycles. The fourth-order valence-electron chi connectivity index (χ4n) is 2.58. The summed E-state index contributed by atoms with van der Waals surface area (Å²) in [6.45, 7) is 1.84. The van der Waals surface area contributed by atoms with Gasteiger partial charge in [-0.05, 0) is 43.3 Å². The van der Waals surface area contributed by atoms with Crippen LogP contribution in [0.5, 0.6) is 5.75 Å². The lowest BCUT2D eigenvalue weighted by Gasteiger charge is -2.14. The minimum atomic E-state index is -0.219. The Balaban J connectivity index is 1.62. The number of carbonyl (C=O) groups is 1. The number of ether oxygens (including phenoxy) is 1. The number of hydrogen-bond acceptors (Lipinski definition) is 3. The Kier molecular flexibility index (Phi) is 4.71. The van der Waals surface area contributed by atoms with E-state index >= 15 is 0 Å². The fourth-order valence-corrected chi connectivity index (χ4v) is 2.70. The van der Waals surface area contributed by atoms with E-state index in [4.69, 9.17) is 16.3 Å². The molecule has 0 aliphatic carbocycles. The SMILES string of the molecule is CC(NC(=O)COc1ccc(Cl)cc1)c1nc2ccccc2n1C. The number of nitrogens with zero attached hydrogens (tertiary/aromatic N) is 2. The van der Waals surface area contributed by atoms with Crippen LogP contribution in [-0.4, -0.2) is 22.1 Å². The highest BCUT2D eigenvalue weighted by atomic mass is 35.5. The third-order valence-electron chi connectivity index (χ3n) is 3.77. The number of halogens is 1. The van der Waals surface area contributed by atoms with Gasteiger partial charge in [0.1, 0.15) is 11.6 Å². The zero-order valence-corrected chi connectivity index (χ0v) is 14.2. The van der Waals surface area contributed by atoms with Crippen molar-refractivity contribution in [2.24, 2.45) is 7.05 Å². The molecule has 1 unspecified atom stereocenters. The summed E-state index contributed by atoms with van der Waals surface area (Å²) in [5, 5.41) is 3.53. The standard InChI is InChI=1S/C18H18ClN3O2/c1-12(18-21-15-5-3-4-6-16(15)22(18)2)20-17(23)11-24-14-9-7-13(19)8-10-14/h3-10,12H,11H2,1-2H3,(H,20,23). The third-order valence-corrected chi connectivity index (χ3v) is 4.02. The molecule has 0 aliphatic rings. The maximum atomic E-state index is 12.1. The number of aryl methyl sites for hydroxylation is 1. The molecule has 1 amide bonds. The van der Waals surface area contributed by atoms with Gasteiger partial charge in [0.05, 0.1) is 17.1 Å². The van der Waals surface area contributed by atoms with Crippen LogP contribution >= 0.6 is 11.6 Å². The van der Waals surface area contributed by atoms with Crippen LogP contribution in [0.25, 0.3) is 11.0 Å². The molecule has 3 aromatic rings. The van der Waals surface area contributed by atoms with Gasteiger partial charge in [-0.25, -0.2) is 4.98 Å². The molecule has 24 heavy (non-hydrogen) atoms. The zero-order valence-electron chi connectivity index (χ0n) is 13.5. The molecule has 1 atom stereocenters. The van der Waals surface area contributed by atoms with Crippen molar-refractivity contribution in [3.63, 3.8) is 0 Å². The van der Waals surface area contributed by atoms with Crippen molar-refractivity contribution in [1.29, 1.82) is 0 Å². The minimum absolute atomic E-state index is 0.0596. The molecule has 5 nitrogen and oxygen atoms in total. The Hall–Kier alpha value is -2.53.